The molecule has 0 aliphatic heterocycles. The maximum atomic E-state index is 11.8. The molecule has 0 aromatic rings. The first-order valence-corrected chi connectivity index (χ1v) is 7.07. The van der Waals surface area contributed by atoms with Crippen LogP contribution in [-0.2, 0) is 9.84 Å². The van der Waals surface area contributed by atoms with Gasteiger partial charge in [0, 0.05) is 5.33 Å². The van der Waals surface area contributed by atoms with Crippen LogP contribution in [0.4, 0.5) is 0 Å². The number of halogens is 1. The van der Waals surface area contributed by atoms with Crippen LogP contribution < -0.4 is 0 Å². The van der Waals surface area contributed by atoms with E-state index in [0.29, 0.717) is 5.33 Å². The SMILES string of the molecule is CC(C)(CBr)CS(=O)(=O)C(C)(C)C. The van der Waals surface area contributed by atoms with Crippen LogP contribution in [0.3, 0.4) is 0 Å². The molecule has 0 heterocycles. The van der Waals surface area contributed by atoms with Gasteiger partial charge in [0.15, 0.2) is 9.84 Å². The van der Waals surface area contributed by atoms with Crippen LogP contribution in [0.15, 0.2) is 0 Å². The molecule has 0 radical (unpaired) electrons. The summed E-state index contributed by atoms with van der Waals surface area (Å²) >= 11 is 3.33. The Morgan fingerprint density at radius 2 is 1.46 bits per heavy atom. The van der Waals surface area contributed by atoms with Crippen LogP contribution in [0.5, 0.6) is 0 Å². The van der Waals surface area contributed by atoms with Crippen LogP contribution >= 0.6 is 15.9 Å². The molecule has 0 spiro atoms. The fraction of sp³-hybridized carbons (Fsp3) is 1.00. The topological polar surface area (TPSA) is 34.1 Å². The minimum atomic E-state index is -3.00. The lowest BCUT2D eigenvalue weighted by atomic mass is 10.0. The third-order valence-electron chi connectivity index (χ3n) is 1.88. The van der Waals surface area contributed by atoms with Crippen molar-refractivity contribution in [2.75, 3.05) is 11.1 Å². The van der Waals surface area contributed by atoms with Crippen molar-refractivity contribution < 1.29 is 8.42 Å². The molecule has 4 heteroatoms. The highest BCUT2D eigenvalue weighted by Gasteiger charge is 2.34. The molecule has 0 amide bonds. The number of hydrogen-bond donors (Lipinski definition) is 0. The van der Waals surface area contributed by atoms with E-state index in [0.717, 1.165) is 0 Å². The summed E-state index contributed by atoms with van der Waals surface area (Å²) in [6, 6.07) is 0. The van der Waals surface area contributed by atoms with Gasteiger partial charge in [-0.25, -0.2) is 8.42 Å². The number of hydrogen-bond acceptors (Lipinski definition) is 2. The molecule has 0 aliphatic carbocycles. The van der Waals surface area contributed by atoms with E-state index in [1.807, 2.05) is 13.8 Å². The molecule has 80 valence electrons. The third kappa shape index (κ3) is 3.98. The molecule has 0 aromatic carbocycles. The Hall–Kier alpha value is 0.430. The second kappa shape index (κ2) is 3.89. The fourth-order valence-corrected chi connectivity index (χ4v) is 2.79. The zero-order valence-corrected chi connectivity index (χ0v) is 11.4. The Morgan fingerprint density at radius 1 is 1.08 bits per heavy atom. The molecule has 0 bridgehead atoms. The second-order valence-electron chi connectivity index (χ2n) is 5.17. The van der Waals surface area contributed by atoms with Gasteiger partial charge in [0.2, 0.25) is 0 Å². The van der Waals surface area contributed by atoms with Gasteiger partial charge >= 0.3 is 0 Å². The molecule has 0 saturated heterocycles. The first kappa shape index (κ1) is 13.4. The lowest BCUT2D eigenvalue weighted by Crippen LogP contribution is -2.37. The molecule has 0 aliphatic rings. The number of alkyl halides is 1. The van der Waals surface area contributed by atoms with Gasteiger partial charge in [-0.1, -0.05) is 29.8 Å². The number of rotatable bonds is 3. The Balaban J connectivity index is 4.74. The number of sulfone groups is 1. The summed E-state index contributed by atoms with van der Waals surface area (Å²) in [5.41, 5.74) is -0.188. The van der Waals surface area contributed by atoms with Crippen molar-refractivity contribution in [2.45, 2.75) is 39.4 Å². The van der Waals surface area contributed by atoms with Gasteiger partial charge in [0.1, 0.15) is 0 Å². The quantitative estimate of drug-likeness (QED) is 0.739. The van der Waals surface area contributed by atoms with E-state index in [1.54, 1.807) is 20.8 Å². The van der Waals surface area contributed by atoms with Gasteiger partial charge < -0.3 is 0 Å². The summed E-state index contributed by atoms with van der Waals surface area (Å²) < 4.78 is 23.0. The normalized spacial score (nSPS) is 14.6. The molecular formula is C9H19BrO2S. The summed E-state index contributed by atoms with van der Waals surface area (Å²) in [7, 11) is -3.00. The van der Waals surface area contributed by atoms with Crippen molar-refractivity contribution >= 4 is 25.8 Å². The van der Waals surface area contributed by atoms with Crippen LogP contribution in [0, 0.1) is 5.41 Å². The highest BCUT2D eigenvalue weighted by Crippen LogP contribution is 2.26. The van der Waals surface area contributed by atoms with Gasteiger partial charge in [-0.15, -0.1) is 0 Å². The van der Waals surface area contributed by atoms with Crippen molar-refractivity contribution in [3.63, 3.8) is 0 Å². The smallest absolute Gasteiger partial charge is 0.155 e. The molecule has 0 aromatic heterocycles. The van der Waals surface area contributed by atoms with Gasteiger partial charge in [0.25, 0.3) is 0 Å². The van der Waals surface area contributed by atoms with Gasteiger partial charge in [-0.2, -0.15) is 0 Å². The average molecular weight is 271 g/mol. The molecule has 0 atom stereocenters. The van der Waals surface area contributed by atoms with Crippen LogP contribution in [-0.4, -0.2) is 24.2 Å². The highest BCUT2D eigenvalue weighted by molar-refractivity contribution is 9.09. The maximum Gasteiger partial charge on any atom is 0.155 e. The van der Waals surface area contributed by atoms with Crippen molar-refractivity contribution in [3.8, 4) is 0 Å². The summed E-state index contributed by atoms with van der Waals surface area (Å²) in [4.78, 5) is 0. The minimum absolute atomic E-state index is 0.188. The largest absolute Gasteiger partial charge is 0.228 e. The molecule has 0 unspecified atom stereocenters. The van der Waals surface area contributed by atoms with Crippen LogP contribution in [0.1, 0.15) is 34.6 Å². The maximum absolute atomic E-state index is 11.8. The molecular weight excluding hydrogens is 252 g/mol. The van der Waals surface area contributed by atoms with Crippen LogP contribution in [0.2, 0.25) is 0 Å². The highest BCUT2D eigenvalue weighted by atomic mass is 79.9. The van der Waals surface area contributed by atoms with E-state index in [2.05, 4.69) is 15.9 Å². The molecule has 0 rings (SSSR count). The van der Waals surface area contributed by atoms with Crippen molar-refractivity contribution in [2.24, 2.45) is 5.41 Å². The van der Waals surface area contributed by atoms with E-state index in [4.69, 9.17) is 0 Å². The van der Waals surface area contributed by atoms with E-state index in [-0.39, 0.29) is 11.2 Å². The fourth-order valence-electron chi connectivity index (χ4n) is 0.769. The Kier molecular flexibility index (Phi) is 4.02. The first-order valence-electron chi connectivity index (χ1n) is 4.30. The third-order valence-corrected chi connectivity index (χ3v) is 6.42. The lowest BCUT2D eigenvalue weighted by molar-refractivity contribution is 0.464. The van der Waals surface area contributed by atoms with Gasteiger partial charge in [-0.3, -0.25) is 0 Å². The average Bonchev–Trinajstić information content (AvgIpc) is 1.83. The van der Waals surface area contributed by atoms with E-state index in [1.165, 1.54) is 0 Å². The van der Waals surface area contributed by atoms with Crippen molar-refractivity contribution in [1.82, 2.24) is 0 Å². The van der Waals surface area contributed by atoms with Crippen LogP contribution in [0.25, 0.3) is 0 Å². The molecule has 0 saturated carbocycles. The molecule has 2 nitrogen and oxygen atoms in total. The molecule has 0 N–H and O–H groups in total. The Morgan fingerprint density at radius 3 is 1.69 bits per heavy atom. The zero-order valence-electron chi connectivity index (χ0n) is 9.02. The zero-order chi connectivity index (χ0) is 10.9. The van der Waals surface area contributed by atoms with Crippen molar-refractivity contribution in [3.05, 3.63) is 0 Å². The van der Waals surface area contributed by atoms with E-state index in [9.17, 15) is 8.42 Å². The Bertz CT molecular complexity index is 260. The predicted octanol–water partition coefficient (Wildman–Crippen LogP) is 2.62. The van der Waals surface area contributed by atoms with Gasteiger partial charge in [0.05, 0.1) is 10.5 Å². The summed E-state index contributed by atoms with van der Waals surface area (Å²) in [6.45, 7) is 9.13. The molecule has 0 fully saturated rings. The lowest BCUT2D eigenvalue weighted by Gasteiger charge is -2.27. The van der Waals surface area contributed by atoms with E-state index >= 15 is 0 Å². The standard InChI is InChI=1S/C9H19BrO2S/c1-8(2,3)13(11,12)7-9(4,5)6-10/h6-7H2,1-5H3. The monoisotopic (exact) mass is 270 g/mol. The van der Waals surface area contributed by atoms with Gasteiger partial charge in [-0.05, 0) is 26.2 Å². The Labute approximate surface area is 90.2 Å². The first-order chi connectivity index (χ1) is 5.52. The summed E-state index contributed by atoms with van der Waals surface area (Å²) in [5, 5.41) is 0.704. The van der Waals surface area contributed by atoms with Crippen molar-refractivity contribution in [1.29, 1.82) is 0 Å². The van der Waals surface area contributed by atoms with E-state index < -0.39 is 14.6 Å². The summed E-state index contributed by atoms with van der Waals surface area (Å²) in [5.74, 6) is 0.231. The second-order valence-corrected chi connectivity index (χ2v) is 8.47. The minimum Gasteiger partial charge on any atom is -0.228 e. The predicted molar refractivity (Wildman–Crippen MR) is 61.1 cm³/mol. The molecule has 13 heavy (non-hydrogen) atoms. The summed E-state index contributed by atoms with van der Waals surface area (Å²) in [6.07, 6.45) is 0.